The SMILES string of the molecule is COc1cc(OC)cc(C(=O)NCC(O)c2ccc(F)cc2)c1. The number of halogens is 1. The smallest absolute Gasteiger partial charge is 0.251 e. The lowest BCUT2D eigenvalue weighted by atomic mass is 10.1. The summed E-state index contributed by atoms with van der Waals surface area (Å²) in [6.07, 6.45) is -0.924. The average molecular weight is 319 g/mol. The van der Waals surface area contributed by atoms with Gasteiger partial charge in [-0.3, -0.25) is 4.79 Å². The first-order chi connectivity index (χ1) is 11.0. The van der Waals surface area contributed by atoms with Crippen LogP contribution in [0, 0.1) is 5.82 Å². The highest BCUT2D eigenvalue weighted by Crippen LogP contribution is 2.22. The third-order valence-electron chi connectivity index (χ3n) is 3.32. The molecule has 2 N–H and O–H groups in total. The molecule has 5 nitrogen and oxygen atoms in total. The quantitative estimate of drug-likeness (QED) is 0.857. The van der Waals surface area contributed by atoms with Crippen molar-refractivity contribution in [3.63, 3.8) is 0 Å². The number of amides is 1. The van der Waals surface area contributed by atoms with E-state index >= 15 is 0 Å². The Balaban J connectivity index is 2.03. The molecule has 0 saturated carbocycles. The maximum atomic E-state index is 12.9. The summed E-state index contributed by atoms with van der Waals surface area (Å²) < 4.78 is 23.1. The minimum atomic E-state index is -0.924. The van der Waals surface area contributed by atoms with Crippen molar-refractivity contribution in [1.82, 2.24) is 5.32 Å². The van der Waals surface area contributed by atoms with Gasteiger partial charge in [0, 0.05) is 18.2 Å². The summed E-state index contributed by atoms with van der Waals surface area (Å²) in [5.74, 6) is 0.235. The molecule has 0 aromatic heterocycles. The predicted molar refractivity (Wildman–Crippen MR) is 83.2 cm³/mol. The van der Waals surface area contributed by atoms with E-state index in [2.05, 4.69) is 5.32 Å². The van der Waals surface area contributed by atoms with E-state index in [0.29, 0.717) is 22.6 Å². The Morgan fingerprint density at radius 2 is 1.70 bits per heavy atom. The second-order valence-corrected chi connectivity index (χ2v) is 4.88. The highest BCUT2D eigenvalue weighted by Gasteiger charge is 2.13. The number of benzene rings is 2. The number of ether oxygens (including phenoxy) is 2. The summed E-state index contributed by atoms with van der Waals surface area (Å²) >= 11 is 0. The van der Waals surface area contributed by atoms with E-state index in [4.69, 9.17) is 9.47 Å². The van der Waals surface area contributed by atoms with Gasteiger partial charge in [-0.1, -0.05) is 12.1 Å². The Kier molecular flexibility index (Phi) is 5.54. The van der Waals surface area contributed by atoms with E-state index in [0.717, 1.165) is 0 Å². The molecule has 1 atom stereocenters. The van der Waals surface area contributed by atoms with Crippen molar-refractivity contribution in [2.24, 2.45) is 0 Å². The second kappa shape index (κ2) is 7.60. The number of nitrogens with one attached hydrogen (secondary N) is 1. The third kappa shape index (κ3) is 4.43. The number of methoxy groups -OCH3 is 2. The summed E-state index contributed by atoms with van der Waals surface area (Å²) in [5, 5.41) is 12.6. The Morgan fingerprint density at radius 3 is 2.22 bits per heavy atom. The fourth-order valence-electron chi connectivity index (χ4n) is 2.03. The van der Waals surface area contributed by atoms with Crippen molar-refractivity contribution in [3.05, 3.63) is 59.4 Å². The van der Waals surface area contributed by atoms with Crippen molar-refractivity contribution in [2.45, 2.75) is 6.10 Å². The highest BCUT2D eigenvalue weighted by molar-refractivity contribution is 5.95. The van der Waals surface area contributed by atoms with Crippen molar-refractivity contribution in [2.75, 3.05) is 20.8 Å². The molecule has 1 amide bonds. The van der Waals surface area contributed by atoms with Crippen LogP contribution in [0.25, 0.3) is 0 Å². The molecule has 2 rings (SSSR count). The number of hydrogen-bond donors (Lipinski definition) is 2. The molecule has 0 fully saturated rings. The zero-order valence-electron chi connectivity index (χ0n) is 12.9. The molecule has 0 aliphatic heterocycles. The van der Waals surface area contributed by atoms with Crippen molar-refractivity contribution < 1.29 is 23.8 Å². The molecule has 0 aliphatic rings. The summed E-state index contributed by atoms with van der Waals surface area (Å²) in [7, 11) is 2.99. The van der Waals surface area contributed by atoms with E-state index in [1.165, 1.54) is 38.5 Å². The van der Waals surface area contributed by atoms with Crippen LogP contribution in [0.5, 0.6) is 11.5 Å². The molecule has 2 aromatic rings. The van der Waals surface area contributed by atoms with Gasteiger partial charge in [0.05, 0.1) is 20.3 Å². The standard InChI is InChI=1S/C17H18FNO4/c1-22-14-7-12(8-15(9-14)23-2)17(21)19-10-16(20)11-3-5-13(18)6-4-11/h3-9,16,20H,10H2,1-2H3,(H,19,21). The highest BCUT2D eigenvalue weighted by atomic mass is 19.1. The van der Waals surface area contributed by atoms with Gasteiger partial charge in [-0.2, -0.15) is 0 Å². The number of rotatable bonds is 6. The summed E-state index contributed by atoms with van der Waals surface area (Å²) in [6, 6.07) is 10.3. The number of carbonyl (C=O) groups excluding carboxylic acids is 1. The third-order valence-corrected chi connectivity index (χ3v) is 3.32. The van der Waals surface area contributed by atoms with Crippen LogP contribution in [-0.4, -0.2) is 31.8 Å². The van der Waals surface area contributed by atoms with Gasteiger partial charge in [-0.15, -0.1) is 0 Å². The van der Waals surface area contributed by atoms with E-state index in [1.54, 1.807) is 18.2 Å². The molecule has 6 heteroatoms. The van der Waals surface area contributed by atoms with Crippen LogP contribution in [0.15, 0.2) is 42.5 Å². The zero-order chi connectivity index (χ0) is 16.8. The first kappa shape index (κ1) is 16.8. The number of hydrogen-bond acceptors (Lipinski definition) is 4. The van der Waals surface area contributed by atoms with Crippen LogP contribution < -0.4 is 14.8 Å². The summed E-state index contributed by atoms with van der Waals surface area (Å²) in [4.78, 5) is 12.2. The van der Waals surface area contributed by atoms with Crippen molar-refractivity contribution in [1.29, 1.82) is 0 Å². The van der Waals surface area contributed by atoms with Gasteiger partial charge >= 0.3 is 0 Å². The topological polar surface area (TPSA) is 67.8 Å². The minimum absolute atomic E-state index is 0.00396. The molecule has 1 unspecified atom stereocenters. The zero-order valence-corrected chi connectivity index (χ0v) is 12.9. The van der Waals surface area contributed by atoms with E-state index in [-0.39, 0.29) is 18.3 Å². The molecule has 23 heavy (non-hydrogen) atoms. The molecule has 2 aromatic carbocycles. The predicted octanol–water partition coefficient (Wildman–Crippen LogP) is 2.31. The van der Waals surface area contributed by atoms with E-state index < -0.39 is 6.10 Å². The average Bonchev–Trinajstić information content (AvgIpc) is 2.59. The summed E-state index contributed by atoms with van der Waals surface area (Å²) in [6.45, 7) is 0.00396. The summed E-state index contributed by atoms with van der Waals surface area (Å²) in [5.41, 5.74) is 0.877. The van der Waals surface area contributed by atoms with Gasteiger partial charge in [0.2, 0.25) is 0 Å². The van der Waals surface area contributed by atoms with Crippen LogP contribution in [0.3, 0.4) is 0 Å². The van der Waals surface area contributed by atoms with Gasteiger partial charge in [0.25, 0.3) is 5.91 Å². The Morgan fingerprint density at radius 1 is 1.13 bits per heavy atom. The lowest BCUT2D eigenvalue weighted by Gasteiger charge is -2.13. The largest absolute Gasteiger partial charge is 0.497 e. The molecular weight excluding hydrogens is 301 g/mol. The molecule has 0 aliphatic carbocycles. The van der Waals surface area contributed by atoms with Gasteiger partial charge in [-0.25, -0.2) is 4.39 Å². The fraction of sp³-hybridized carbons (Fsp3) is 0.235. The molecule has 0 saturated heterocycles. The maximum absolute atomic E-state index is 12.9. The van der Waals surface area contributed by atoms with Gasteiger partial charge < -0.3 is 19.9 Å². The number of aliphatic hydroxyl groups excluding tert-OH is 1. The maximum Gasteiger partial charge on any atom is 0.251 e. The molecule has 0 heterocycles. The molecule has 0 bridgehead atoms. The lowest BCUT2D eigenvalue weighted by molar-refractivity contribution is 0.0915. The van der Waals surface area contributed by atoms with Crippen LogP contribution in [0.4, 0.5) is 4.39 Å². The van der Waals surface area contributed by atoms with E-state index in [9.17, 15) is 14.3 Å². The molecular formula is C17H18FNO4. The van der Waals surface area contributed by atoms with Gasteiger partial charge in [-0.05, 0) is 29.8 Å². The van der Waals surface area contributed by atoms with Gasteiger partial charge in [0.1, 0.15) is 17.3 Å². The Bertz CT molecular complexity index is 651. The molecule has 0 radical (unpaired) electrons. The Hall–Kier alpha value is -2.60. The monoisotopic (exact) mass is 319 g/mol. The van der Waals surface area contributed by atoms with Crippen molar-refractivity contribution in [3.8, 4) is 11.5 Å². The van der Waals surface area contributed by atoms with Crippen LogP contribution in [-0.2, 0) is 0 Å². The van der Waals surface area contributed by atoms with Crippen LogP contribution in [0.1, 0.15) is 22.0 Å². The fourth-order valence-corrected chi connectivity index (χ4v) is 2.03. The normalized spacial score (nSPS) is 11.7. The van der Waals surface area contributed by atoms with Crippen LogP contribution in [0.2, 0.25) is 0 Å². The number of carbonyl (C=O) groups is 1. The van der Waals surface area contributed by atoms with Gasteiger partial charge in [0.15, 0.2) is 0 Å². The van der Waals surface area contributed by atoms with Crippen molar-refractivity contribution >= 4 is 5.91 Å². The molecule has 0 spiro atoms. The first-order valence-electron chi connectivity index (χ1n) is 6.98. The van der Waals surface area contributed by atoms with Crippen LogP contribution >= 0.6 is 0 Å². The first-order valence-corrected chi connectivity index (χ1v) is 6.98. The second-order valence-electron chi connectivity index (χ2n) is 4.88. The number of aliphatic hydroxyl groups is 1. The molecule has 122 valence electrons. The lowest BCUT2D eigenvalue weighted by Crippen LogP contribution is -2.28. The van der Waals surface area contributed by atoms with E-state index in [1.807, 2.05) is 0 Å². The minimum Gasteiger partial charge on any atom is -0.497 e. The Labute approximate surface area is 133 Å².